The third-order valence-corrected chi connectivity index (χ3v) is 4.65. The van der Waals surface area contributed by atoms with Gasteiger partial charge in [0.1, 0.15) is 5.75 Å². The first-order valence-corrected chi connectivity index (χ1v) is 8.63. The van der Waals surface area contributed by atoms with Crippen molar-refractivity contribution in [2.24, 2.45) is 0 Å². The Kier molecular flexibility index (Phi) is 5.40. The fraction of sp³-hybridized carbons (Fsp3) is 0.350. The number of amides is 1. The first kappa shape index (κ1) is 18.2. The van der Waals surface area contributed by atoms with Crippen molar-refractivity contribution in [3.8, 4) is 5.75 Å². The smallest absolute Gasteiger partial charge is 0.254 e. The van der Waals surface area contributed by atoms with E-state index in [0.717, 1.165) is 30.5 Å². The van der Waals surface area contributed by atoms with Crippen LogP contribution in [0.2, 0.25) is 0 Å². The van der Waals surface area contributed by atoms with Gasteiger partial charge in [0, 0.05) is 36.4 Å². The molecule has 138 valence electrons. The Morgan fingerprint density at radius 1 is 1.19 bits per heavy atom. The number of halogens is 2. The standard InChI is InChI=1S/C20H22F2N2O2/c1-13-5-6-14(10-19(13)26-2)20(25)24-9-3-4-16(12-24)23-15-7-8-17(21)18(22)11-15/h5-8,10-11,16,23H,3-4,9,12H2,1-2H3/t16-/m0/s1. The quantitative estimate of drug-likeness (QED) is 0.896. The summed E-state index contributed by atoms with van der Waals surface area (Å²) in [5, 5.41) is 3.19. The highest BCUT2D eigenvalue weighted by Gasteiger charge is 2.25. The average Bonchev–Trinajstić information content (AvgIpc) is 2.65. The number of aryl methyl sites for hydroxylation is 1. The van der Waals surface area contributed by atoms with Crippen LogP contribution in [0.3, 0.4) is 0 Å². The molecule has 0 unspecified atom stereocenters. The zero-order valence-corrected chi connectivity index (χ0v) is 14.9. The predicted octanol–water partition coefficient (Wildman–Crippen LogP) is 4.00. The molecule has 0 aromatic heterocycles. The van der Waals surface area contributed by atoms with Gasteiger partial charge in [0.15, 0.2) is 11.6 Å². The first-order chi connectivity index (χ1) is 12.5. The van der Waals surface area contributed by atoms with Crippen molar-refractivity contribution in [1.29, 1.82) is 0 Å². The van der Waals surface area contributed by atoms with E-state index in [-0.39, 0.29) is 11.9 Å². The number of methoxy groups -OCH3 is 1. The summed E-state index contributed by atoms with van der Waals surface area (Å²) in [5.74, 6) is -1.13. The Balaban J connectivity index is 1.69. The number of nitrogens with zero attached hydrogens (tertiary/aromatic N) is 1. The van der Waals surface area contributed by atoms with Crippen molar-refractivity contribution in [2.45, 2.75) is 25.8 Å². The number of carbonyl (C=O) groups is 1. The maximum Gasteiger partial charge on any atom is 0.254 e. The summed E-state index contributed by atoms with van der Waals surface area (Å²) in [7, 11) is 1.58. The number of nitrogens with one attached hydrogen (secondary N) is 1. The SMILES string of the molecule is COc1cc(C(=O)N2CCC[C@H](Nc3ccc(F)c(F)c3)C2)ccc1C. The lowest BCUT2D eigenvalue weighted by Crippen LogP contribution is -2.45. The lowest BCUT2D eigenvalue weighted by molar-refractivity contribution is 0.0714. The van der Waals surface area contributed by atoms with Crippen LogP contribution < -0.4 is 10.1 Å². The molecule has 0 radical (unpaired) electrons. The van der Waals surface area contributed by atoms with E-state index in [4.69, 9.17) is 4.74 Å². The van der Waals surface area contributed by atoms with Crippen LogP contribution in [0.4, 0.5) is 14.5 Å². The number of anilines is 1. The summed E-state index contributed by atoms with van der Waals surface area (Å²) < 4.78 is 31.7. The van der Waals surface area contributed by atoms with Gasteiger partial charge in [-0.25, -0.2) is 8.78 Å². The Labute approximate surface area is 151 Å². The molecule has 1 heterocycles. The molecule has 1 N–H and O–H groups in total. The molecule has 1 aliphatic heterocycles. The molecule has 0 aliphatic carbocycles. The van der Waals surface area contributed by atoms with E-state index in [1.165, 1.54) is 6.07 Å². The number of benzene rings is 2. The number of carbonyl (C=O) groups excluding carboxylic acids is 1. The minimum Gasteiger partial charge on any atom is -0.496 e. The van der Waals surface area contributed by atoms with Crippen molar-refractivity contribution in [3.05, 3.63) is 59.2 Å². The number of piperidine rings is 1. The molecule has 0 saturated carbocycles. The van der Waals surface area contributed by atoms with Gasteiger partial charge in [-0.3, -0.25) is 4.79 Å². The zero-order valence-electron chi connectivity index (χ0n) is 14.9. The highest BCUT2D eigenvalue weighted by molar-refractivity contribution is 5.94. The second kappa shape index (κ2) is 7.72. The molecular formula is C20H22F2N2O2. The van der Waals surface area contributed by atoms with Crippen LogP contribution in [0.5, 0.6) is 5.75 Å². The molecule has 6 heteroatoms. The number of hydrogen-bond acceptors (Lipinski definition) is 3. The fourth-order valence-corrected chi connectivity index (χ4v) is 3.24. The summed E-state index contributed by atoms with van der Waals surface area (Å²) >= 11 is 0. The van der Waals surface area contributed by atoms with E-state index in [1.54, 1.807) is 24.1 Å². The number of rotatable bonds is 4. The minimum atomic E-state index is -0.884. The molecule has 1 saturated heterocycles. The van der Waals surface area contributed by atoms with Crippen molar-refractivity contribution in [3.63, 3.8) is 0 Å². The molecule has 0 spiro atoms. The van der Waals surface area contributed by atoms with Gasteiger partial charge in [0.2, 0.25) is 0 Å². The van der Waals surface area contributed by atoms with Crippen LogP contribution in [0.25, 0.3) is 0 Å². The number of likely N-dealkylation sites (tertiary alicyclic amines) is 1. The molecule has 1 amide bonds. The van der Waals surface area contributed by atoms with E-state index in [2.05, 4.69) is 5.32 Å². The molecule has 1 aliphatic rings. The minimum absolute atomic E-state index is 0.00935. The summed E-state index contributed by atoms with van der Waals surface area (Å²) in [4.78, 5) is 14.6. The average molecular weight is 360 g/mol. The maximum absolute atomic E-state index is 13.4. The van der Waals surface area contributed by atoms with E-state index in [9.17, 15) is 13.6 Å². The Bertz CT molecular complexity index is 810. The third-order valence-electron chi connectivity index (χ3n) is 4.65. The fourth-order valence-electron chi connectivity index (χ4n) is 3.24. The lowest BCUT2D eigenvalue weighted by atomic mass is 10.0. The lowest BCUT2D eigenvalue weighted by Gasteiger charge is -2.34. The number of hydrogen-bond donors (Lipinski definition) is 1. The van der Waals surface area contributed by atoms with Crippen LogP contribution in [0.15, 0.2) is 36.4 Å². The topological polar surface area (TPSA) is 41.6 Å². The molecule has 2 aromatic carbocycles. The van der Waals surface area contributed by atoms with Crippen LogP contribution in [-0.4, -0.2) is 37.0 Å². The zero-order chi connectivity index (χ0) is 18.7. The largest absolute Gasteiger partial charge is 0.496 e. The molecule has 1 atom stereocenters. The first-order valence-electron chi connectivity index (χ1n) is 8.63. The molecule has 1 fully saturated rings. The van der Waals surface area contributed by atoms with Gasteiger partial charge in [0.25, 0.3) is 5.91 Å². The van der Waals surface area contributed by atoms with Crippen molar-refractivity contribution < 1.29 is 18.3 Å². The van der Waals surface area contributed by atoms with Crippen LogP contribution in [0, 0.1) is 18.6 Å². The molecule has 26 heavy (non-hydrogen) atoms. The van der Waals surface area contributed by atoms with Crippen molar-refractivity contribution in [1.82, 2.24) is 4.90 Å². The van der Waals surface area contributed by atoms with E-state index in [0.29, 0.717) is 30.1 Å². The molecule has 2 aromatic rings. The summed E-state index contributed by atoms with van der Waals surface area (Å²) in [6.45, 7) is 3.11. The maximum atomic E-state index is 13.4. The van der Waals surface area contributed by atoms with Crippen molar-refractivity contribution in [2.75, 3.05) is 25.5 Å². The van der Waals surface area contributed by atoms with Gasteiger partial charge < -0.3 is 15.0 Å². The van der Waals surface area contributed by atoms with Gasteiger partial charge in [-0.1, -0.05) is 6.07 Å². The van der Waals surface area contributed by atoms with Gasteiger partial charge in [0.05, 0.1) is 7.11 Å². The van der Waals surface area contributed by atoms with Gasteiger partial charge in [-0.05, 0) is 49.6 Å². The predicted molar refractivity (Wildman–Crippen MR) is 96.6 cm³/mol. The molecule has 3 rings (SSSR count). The van der Waals surface area contributed by atoms with Gasteiger partial charge in [-0.15, -0.1) is 0 Å². The Morgan fingerprint density at radius 3 is 2.73 bits per heavy atom. The van der Waals surface area contributed by atoms with E-state index in [1.807, 2.05) is 13.0 Å². The Hall–Kier alpha value is -2.63. The summed E-state index contributed by atoms with van der Waals surface area (Å²) in [6.07, 6.45) is 1.70. The summed E-state index contributed by atoms with van der Waals surface area (Å²) in [5.41, 5.74) is 2.07. The highest BCUT2D eigenvalue weighted by Crippen LogP contribution is 2.23. The second-order valence-electron chi connectivity index (χ2n) is 6.55. The van der Waals surface area contributed by atoms with Crippen LogP contribution >= 0.6 is 0 Å². The monoisotopic (exact) mass is 360 g/mol. The molecule has 0 bridgehead atoms. The van der Waals surface area contributed by atoms with Gasteiger partial charge >= 0.3 is 0 Å². The normalized spacial score (nSPS) is 17.1. The highest BCUT2D eigenvalue weighted by atomic mass is 19.2. The van der Waals surface area contributed by atoms with E-state index >= 15 is 0 Å². The third kappa shape index (κ3) is 3.95. The molecule has 4 nitrogen and oxygen atoms in total. The number of ether oxygens (including phenoxy) is 1. The van der Waals surface area contributed by atoms with E-state index < -0.39 is 11.6 Å². The van der Waals surface area contributed by atoms with Crippen LogP contribution in [-0.2, 0) is 0 Å². The second-order valence-corrected chi connectivity index (χ2v) is 6.55. The van der Waals surface area contributed by atoms with Crippen LogP contribution in [0.1, 0.15) is 28.8 Å². The van der Waals surface area contributed by atoms with Gasteiger partial charge in [-0.2, -0.15) is 0 Å². The summed E-state index contributed by atoms with van der Waals surface area (Å²) in [6, 6.07) is 9.15. The molecular weight excluding hydrogens is 338 g/mol. The van der Waals surface area contributed by atoms with Crippen molar-refractivity contribution >= 4 is 11.6 Å². The Morgan fingerprint density at radius 2 is 2.00 bits per heavy atom.